The van der Waals surface area contributed by atoms with Gasteiger partial charge in [0.2, 0.25) is 0 Å². The van der Waals surface area contributed by atoms with E-state index in [1.165, 1.54) is 5.56 Å². The van der Waals surface area contributed by atoms with Gasteiger partial charge in [-0.3, -0.25) is 9.59 Å². The number of carbonyl (C=O) groups is 2. The van der Waals surface area contributed by atoms with Crippen molar-refractivity contribution in [2.45, 2.75) is 59.1 Å². The number of aryl methyl sites for hydroxylation is 3. The monoisotopic (exact) mass is 519 g/mol. The number of Topliss-reactive ketones (excluding diaryl/α,β-unsaturated/α-hetero) is 1. The number of anilines is 1. The maximum absolute atomic E-state index is 13.7. The van der Waals surface area contributed by atoms with E-state index in [0.29, 0.717) is 29.3 Å². The molecule has 0 aliphatic carbocycles. The van der Waals surface area contributed by atoms with Crippen LogP contribution in [0.4, 0.5) is 5.69 Å². The lowest BCUT2D eigenvalue weighted by molar-refractivity contribution is -0.136. The third-order valence-electron chi connectivity index (χ3n) is 6.76. The van der Waals surface area contributed by atoms with Crippen molar-refractivity contribution >= 4 is 33.3 Å². The predicted octanol–water partition coefficient (Wildman–Crippen LogP) is 6.51. The fourth-order valence-electron chi connectivity index (χ4n) is 4.70. The van der Waals surface area contributed by atoms with Gasteiger partial charge in [0.15, 0.2) is 11.4 Å². The molecule has 1 aliphatic heterocycles. The molecular formula is C29H30BrNO3. The van der Waals surface area contributed by atoms with Crippen LogP contribution in [0.15, 0.2) is 59.1 Å². The Morgan fingerprint density at radius 3 is 2.41 bits per heavy atom. The van der Waals surface area contributed by atoms with Gasteiger partial charge in [-0.15, -0.1) is 0 Å². The second kappa shape index (κ2) is 9.12. The molecule has 176 valence electrons. The average Bonchev–Trinajstić information content (AvgIpc) is 2.96. The highest BCUT2D eigenvalue weighted by Crippen LogP contribution is 2.45. The fraction of sp³-hybridized carbons (Fsp3) is 0.310. The molecule has 0 saturated heterocycles. The first-order valence-corrected chi connectivity index (χ1v) is 12.3. The van der Waals surface area contributed by atoms with Gasteiger partial charge in [-0.2, -0.15) is 0 Å². The van der Waals surface area contributed by atoms with Crippen LogP contribution in [0.5, 0.6) is 0 Å². The number of aliphatic hydroxyl groups is 1. The molecule has 0 aromatic heterocycles. The van der Waals surface area contributed by atoms with Gasteiger partial charge >= 0.3 is 0 Å². The summed E-state index contributed by atoms with van der Waals surface area (Å²) in [6, 6.07) is 17.3. The smallest absolute Gasteiger partial charge is 0.264 e. The summed E-state index contributed by atoms with van der Waals surface area (Å²) in [6.45, 7) is 10.5. The van der Waals surface area contributed by atoms with Crippen molar-refractivity contribution in [1.82, 2.24) is 0 Å². The minimum absolute atomic E-state index is 0.251. The van der Waals surface area contributed by atoms with Crippen molar-refractivity contribution in [3.05, 3.63) is 98.0 Å². The molecule has 1 aliphatic rings. The summed E-state index contributed by atoms with van der Waals surface area (Å²) in [6.07, 6.45) is -0.305. The van der Waals surface area contributed by atoms with Crippen molar-refractivity contribution in [2.24, 2.45) is 0 Å². The van der Waals surface area contributed by atoms with Crippen LogP contribution in [0.2, 0.25) is 0 Å². The van der Waals surface area contributed by atoms with Crippen LogP contribution in [0.3, 0.4) is 0 Å². The van der Waals surface area contributed by atoms with Gasteiger partial charge in [0.1, 0.15) is 0 Å². The van der Waals surface area contributed by atoms with Crippen molar-refractivity contribution in [3.8, 4) is 0 Å². The molecule has 0 radical (unpaired) electrons. The van der Waals surface area contributed by atoms with Gasteiger partial charge < -0.3 is 10.0 Å². The van der Waals surface area contributed by atoms with Gasteiger partial charge in [-0.05, 0) is 67.1 Å². The van der Waals surface area contributed by atoms with E-state index in [1.807, 2.05) is 45.0 Å². The third-order valence-corrected chi connectivity index (χ3v) is 7.25. The Bertz CT molecular complexity index is 1300. The lowest BCUT2D eigenvalue weighted by Gasteiger charge is -2.24. The minimum atomic E-state index is -1.92. The Labute approximate surface area is 209 Å². The maximum Gasteiger partial charge on any atom is 0.264 e. The highest BCUT2D eigenvalue weighted by atomic mass is 79.9. The average molecular weight is 520 g/mol. The number of rotatable bonds is 6. The zero-order valence-corrected chi connectivity index (χ0v) is 21.9. The molecule has 1 N–H and O–H groups in total. The molecule has 3 aromatic rings. The van der Waals surface area contributed by atoms with Crippen LogP contribution < -0.4 is 4.90 Å². The number of benzene rings is 3. The molecule has 1 unspecified atom stereocenters. The first kappa shape index (κ1) is 24.4. The highest BCUT2D eigenvalue weighted by molar-refractivity contribution is 9.10. The first-order chi connectivity index (χ1) is 16.0. The third kappa shape index (κ3) is 4.35. The van der Waals surface area contributed by atoms with Crippen LogP contribution >= 0.6 is 15.9 Å². The van der Waals surface area contributed by atoms with Crippen molar-refractivity contribution < 1.29 is 14.7 Å². The van der Waals surface area contributed by atoms with E-state index in [0.717, 1.165) is 26.7 Å². The number of hydrogen-bond donors (Lipinski definition) is 1. The van der Waals surface area contributed by atoms with E-state index < -0.39 is 11.5 Å². The quantitative estimate of drug-likeness (QED) is 0.378. The number of halogens is 1. The molecule has 1 atom stereocenters. The normalized spacial score (nSPS) is 17.4. The van der Waals surface area contributed by atoms with Gasteiger partial charge in [0, 0.05) is 15.6 Å². The SMILES string of the molecule is Cc1ccc(C(=O)CC2(O)C(=O)N(Cc3cc(C(C)C)ccc3C)c3ccc(Br)cc32)c(C)c1. The molecule has 0 spiro atoms. The summed E-state index contributed by atoms with van der Waals surface area (Å²) >= 11 is 3.47. The summed E-state index contributed by atoms with van der Waals surface area (Å²) in [5.41, 5.74) is 4.91. The number of ketones is 1. The Morgan fingerprint density at radius 2 is 1.74 bits per heavy atom. The topological polar surface area (TPSA) is 57.6 Å². The molecular weight excluding hydrogens is 490 g/mol. The molecule has 34 heavy (non-hydrogen) atoms. The summed E-state index contributed by atoms with van der Waals surface area (Å²) in [4.78, 5) is 28.6. The zero-order chi connectivity index (χ0) is 24.8. The number of amides is 1. The second-order valence-electron chi connectivity index (χ2n) is 9.67. The Kier molecular flexibility index (Phi) is 6.54. The largest absolute Gasteiger partial charge is 0.375 e. The van der Waals surface area contributed by atoms with Crippen LogP contribution in [-0.4, -0.2) is 16.8 Å². The number of carbonyl (C=O) groups excluding carboxylic acids is 2. The fourth-order valence-corrected chi connectivity index (χ4v) is 5.06. The van der Waals surface area contributed by atoms with E-state index in [-0.39, 0.29) is 12.2 Å². The van der Waals surface area contributed by atoms with Crippen LogP contribution in [0, 0.1) is 20.8 Å². The van der Waals surface area contributed by atoms with Crippen LogP contribution in [0.25, 0.3) is 0 Å². The molecule has 0 saturated carbocycles. The van der Waals surface area contributed by atoms with Crippen molar-refractivity contribution in [2.75, 3.05) is 4.90 Å². The second-order valence-corrected chi connectivity index (χ2v) is 10.6. The lowest BCUT2D eigenvalue weighted by Crippen LogP contribution is -2.41. The van der Waals surface area contributed by atoms with Gasteiger partial charge in [-0.1, -0.05) is 71.7 Å². The molecule has 1 heterocycles. The van der Waals surface area contributed by atoms with Crippen molar-refractivity contribution in [3.63, 3.8) is 0 Å². The van der Waals surface area contributed by atoms with Gasteiger partial charge in [0.25, 0.3) is 5.91 Å². The highest BCUT2D eigenvalue weighted by Gasteiger charge is 2.51. The summed E-state index contributed by atoms with van der Waals surface area (Å²) in [7, 11) is 0. The van der Waals surface area contributed by atoms with E-state index in [2.05, 4.69) is 48.0 Å². The molecule has 0 fully saturated rings. The van der Waals surface area contributed by atoms with E-state index in [4.69, 9.17) is 0 Å². The molecule has 1 amide bonds. The first-order valence-electron chi connectivity index (χ1n) is 11.6. The predicted molar refractivity (Wildman–Crippen MR) is 139 cm³/mol. The molecule has 5 heteroatoms. The number of hydrogen-bond acceptors (Lipinski definition) is 3. The Morgan fingerprint density at radius 1 is 1.00 bits per heavy atom. The molecule has 0 bridgehead atoms. The lowest BCUT2D eigenvalue weighted by atomic mass is 9.87. The van der Waals surface area contributed by atoms with Gasteiger partial charge in [-0.25, -0.2) is 0 Å². The molecule has 3 aromatic carbocycles. The molecule has 4 nitrogen and oxygen atoms in total. The zero-order valence-electron chi connectivity index (χ0n) is 20.3. The van der Waals surface area contributed by atoms with E-state index >= 15 is 0 Å². The summed E-state index contributed by atoms with van der Waals surface area (Å²) < 4.78 is 0.747. The van der Waals surface area contributed by atoms with E-state index in [1.54, 1.807) is 17.0 Å². The standard InChI is InChI=1S/C29H30BrNO3/c1-17(2)21-8-7-19(4)22(13-21)16-31-26-11-9-23(30)14-25(26)29(34,28(31)33)15-27(32)24-10-6-18(3)12-20(24)5/h6-14,17,34H,15-16H2,1-5H3. The molecule has 4 rings (SSSR count). The maximum atomic E-state index is 13.7. The van der Waals surface area contributed by atoms with Crippen LogP contribution in [0.1, 0.15) is 69.9 Å². The Balaban J connectivity index is 1.73. The van der Waals surface area contributed by atoms with Gasteiger partial charge in [0.05, 0.1) is 18.7 Å². The van der Waals surface area contributed by atoms with Crippen LogP contribution in [-0.2, 0) is 16.9 Å². The van der Waals surface area contributed by atoms with Crippen molar-refractivity contribution in [1.29, 1.82) is 0 Å². The summed E-state index contributed by atoms with van der Waals surface area (Å²) in [5, 5.41) is 11.7. The number of fused-ring (bicyclic) bond motifs is 1. The van der Waals surface area contributed by atoms with E-state index in [9.17, 15) is 14.7 Å². The number of nitrogens with zero attached hydrogens (tertiary/aromatic N) is 1. The minimum Gasteiger partial charge on any atom is -0.375 e. The Hall–Kier alpha value is -2.76. The summed E-state index contributed by atoms with van der Waals surface area (Å²) in [5.74, 6) is -0.351.